The van der Waals surface area contributed by atoms with Crippen molar-refractivity contribution in [3.05, 3.63) is 41.6 Å². The van der Waals surface area contributed by atoms with Crippen LogP contribution in [0.15, 0.2) is 29.2 Å². The molecule has 148 valence electrons. The summed E-state index contributed by atoms with van der Waals surface area (Å²) in [6.07, 6.45) is 0. The monoisotopic (exact) mass is 404 g/mol. The fourth-order valence-corrected chi connectivity index (χ4v) is 4.96. The van der Waals surface area contributed by atoms with E-state index in [1.165, 1.54) is 16.4 Å². The van der Waals surface area contributed by atoms with Crippen molar-refractivity contribution in [2.45, 2.75) is 18.7 Å². The van der Waals surface area contributed by atoms with E-state index in [-0.39, 0.29) is 4.90 Å². The molecule has 0 amide bonds. The summed E-state index contributed by atoms with van der Waals surface area (Å²) in [5.41, 5.74) is 2.49. The third-order valence-electron chi connectivity index (χ3n) is 4.93. The summed E-state index contributed by atoms with van der Waals surface area (Å²) in [5, 5.41) is 4.44. The molecule has 0 aliphatic carbocycles. The summed E-state index contributed by atoms with van der Waals surface area (Å²) in [6, 6.07) is 4.92. The number of halogens is 1. The molecule has 28 heavy (non-hydrogen) atoms. The van der Waals surface area contributed by atoms with Crippen LogP contribution in [-0.4, -0.2) is 58.7 Å². The first-order valence-electron chi connectivity index (χ1n) is 8.96. The lowest BCUT2D eigenvalue weighted by Gasteiger charge is -2.35. The van der Waals surface area contributed by atoms with E-state index in [1.807, 2.05) is 20.9 Å². The van der Waals surface area contributed by atoms with Gasteiger partial charge in [0, 0.05) is 33.2 Å². The molecule has 10 heteroatoms. The molecule has 3 heterocycles. The average molecular weight is 404 g/mol. The molecule has 1 saturated heterocycles. The third-order valence-corrected chi connectivity index (χ3v) is 6.85. The van der Waals surface area contributed by atoms with Gasteiger partial charge in [-0.15, -0.1) is 0 Å². The van der Waals surface area contributed by atoms with E-state index in [0.29, 0.717) is 32.0 Å². The van der Waals surface area contributed by atoms with Gasteiger partial charge in [-0.1, -0.05) is 0 Å². The quantitative estimate of drug-likeness (QED) is 0.660. The zero-order valence-electron chi connectivity index (χ0n) is 15.9. The van der Waals surface area contributed by atoms with Gasteiger partial charge < -0.3 is 4.90 Å². The lowest BCUT2D eigenvalue weighted by Crippen LogP contribution is -2.49. The minimum Gasteiger partial charge on any atom is -0.352 e. The van der Waals surface area contributed by atoms with Crippen LogP contribution in [0, 0.1) is 19.7 Å². The van der Waals surface area contributed by atoms with Gasteiger partial charge in [0.15, 0.2) is 5.82 Å². The molecule has 0 bridgehead atoms. The highest BCUT2D eigenvalue weighted by Crippen LogP contribution is 2.27. The van der Waals surface area contributed by atoms with Crippen LogP contribution in [-0.2, 0) is 17.1 Å². The van der Waals surface area contributed by atoms with Crippen molar-refractivity contribution in [3.8, 4) is 0 Å². The molecule has 0 radical (unpaired) electrons. The van der Waals surface area contributed by atoms with Crippen molar-refractivity contribution in [1.82, 2.24) is 24.1 Å². The van der Waals surface area contributed by atoms with Crippen LogP contribution in [0.1, 0.15) is 11.5 Å². The number of benzene rings is 1. The van der Waals surface area contributed by atoms with Gasteiger partial charge in [0.25, 0.3) is 0 Å². The van der Waals surface area contributed by atoms with Crippen LogP contribution in [0.2, 0.25) is 0 Å². The fraction of sp³-hybridized carbons (Fsp3) is 0.389. The zero-order chi connectivity index (χ0) is 20.1. The predicted octanol–water partition coefficient (Wildman–Crippen LogP) is 1.63. The summed E-state index contributed by atoms with van der Waals surface area (Å²) in [7, 11) is -1.80. The number of aryl methyl sites for hydroxylation is 3. The first-order valence-corrected chi connectivity index (χ1v) is 10.4. The van der Waals surface area contributed by atoms with E-state index >= 15 is 0 Å². The van der Waals surface area contributed by atoms with Gasteiger partial charge in [-0.3, -0.25) is 4.68 Å². The van der Waals surface area contributed by atoms with Crippen LogP contribution < -0.4 is 4.90 Å². The first-order chi connectivity index (χ1) is 13.3. The van der Waals surface area contributed by atoms with Gasteiger partial charge in [-0.25, -0.2) is 22.8 Å². The number of nitrogens with zero attached hydrogens (tertiary/aromatic N) is 6. The molecule has 0 saturated carbocycles. The highest BCUT2D eigenvalue weighted by atomic mass is 32.2. The van der Waals surface area contributed by atoms with Gasteiger partial charge in [0.1, 0.15) is 22.7 Å². The van der Waals surface area contributed by atoms with E-state index in [1.54, 1.807) is 4.68 Å². The number of hydrogen-bond acceptors (Lipinski definition) is 6. The van der Waals surface area contributed by atoms with Crippen molar-refractivity contribution in [2.75, 3.05) is 31.1 Å². The van der Waals surface area contributed by atoms with Crippen LogP contribution in [0.25, 0.3) is 11.0 Å². The van der Waals surface area contributed by atoms with Crippen molar-refractivity contribution < 1.29 is 12.8 Å². The summed E-state index contributed by atoms with van der Waals surface area (Å²) in [4.78, 5) is 11.3. The van der Waals surface area contributed by atoms with Gasteiger partial charge in [0.2, 0.25) is 10.0 Å². The van der Waals surface area contributed by atoms with Crippen molar-refractivity contribution >= 4 is 26.9 Å². The Bertz CT molecular complexity index is 1140. The molecule has 2 aromatic heterocycles. The average Bonchev–Trinajstić information content (AvgIpc) is 2.95. The second-order valence-electron chi connectivity index (χ2n) is 6.85. The highest BCUT2D eigenvalue weighted by molar-refractivity contribution is 7.89. The van der Waals surface area contributed by atoms with E-state index in [9.17, 15) is 12.8 Å². The second-order valence-corrected chi connectivity index (χ2v) is 8.78. The Hall–Kier alpha value is -2.59. The number of hydrogen-bond donors (Lipinski definition) is 0. The molecular weight excluding hydrogens is 383 g/mol. The number of rotatable bonds is 3. The molecule has 0 unspecified atom stereocenters. The van der Waals surface area contributed by atoms with Crippen molar-refractivity contribution in [2.24, 2.45) is 7.05 Å². The highest BCUT2D eigenvalue weighted by Gasteiger charge is 2.30. The van der Waals surface area contributed by atoms with Crippen molar-refractivity contribution in [3.63, 3.8) is 0 Å². The molecular formula is C18H21FN6O2S. The van der Waals surface area contributed by atoms with Gasteiger partial charge >= 0.3 is 0 Å². The van der Waals surface area contributed by atoms with E-state index < -0.39 is 15.8 Å². The van der Waals surface area contributed by atoms with E-state index in [0.717, 1.165) is 34.7 Å². The zero-order valence-corrected chi connectivity index (χ0v) is 16.7. The summed E-state index contributed by atoms with van der Waals surface area (Å²) in [5.74, 6) is 0.961. The lowest BCUT2D eigenvalue weighted by atomic mass is 10.3. The Kier molecular flexibility index (Phi) is 4.54. The van der Waals surface area contributed by atoms with Crippen LogP contribution in [0.3, 0.4) is 0 Å². The van der Waals surface area contributed by atoms with E-state index in [2.05, 4.69) is 20.0 Å². The smallest absolute Gasteiger partial charge is 0.243 e. The van der Waals surface area contributed by atoms with Crippen LogP contribution >= 0.6 is 0 Å². The Morgan fingerprint density at radius 2 is 1.64 bits per heavy atom. The molecule has 1 aliphatic rings. The fourth-order valence-electron chi connectivity index (χ4n) is 3.54. The van der Waals surface area contributed by atoms with Crippen LogP contribution in [0.4, 0.5) is 10.2 Å². The number of aromatic nitrogens is 4. The number of piperazine rings is 1. The maximum Gasteiger partial charge on any atom is 0.243 e. The predicted molar refractivity (Wildman–Crippen MR) is 103 cm³/mol. The molecule has 1 aliphatic heterocycles. The van der Waals surface area contributed by atoms with Gasteiger partial charge in [0.05, 0.1) is 10.6 Å². The molecule has 8 nitrogen and oxygen atoms in total. The second kappa shape index (κ2) is 6.78. The topological polar surface area (TPSA) is 84.2 Å². The summed E-state index contributed by atoms with van der Waals surface area (Å²) in [6.45, 7) is 5.38. The molecule has 3 aromatic rings. The Labute approximate surface area is 162 Å². The molecule has 4 rings (SSSR count). The van der Waals surface area contributed by atoms with Crippen LogP contribution in [0.5, 0.6) is 0 Å². The van der Waals surface area contributed by atoms with Gasteiger partial charge in [-0.05, 0) is 38.1 Å². The number of fused-ring (bicyclic) bond motifs is 1. The Morgan fingerprint density at radius 3 is 2.29 bits per heavy atom. The molecule has 0 atom stereocenters. The maximum atomic E-state index is 13.1. The SMILES string of the molecule is Cc1nc(N2CCN(S(=O)(=O)c3ccc(F)cc3)CC2)c2c(n1)c(C)nn2C. The maximum absolute atomic E-state index is 13.1. The Morgan fingerprint density at radius 1 is 1.00 bits per heavy atom. The number of sulfonamides is 1. The summed E-state index contributed by atoms with van der Waals surface area (Å²) < 4.78 is 41.9. The molecule has 0 N–H and O–H groups in total. The van der Waals surface area contributed by atoms with Gasteiger partial charge in [-0.2, -0.15) is 9.40 Å². The third kappa shape index (κ3) is 3.12. The van der Waals surface area contributed by atoms with Crippen molar-refractivity contribution in [1.29, 1.82) is 0 Å². The standard InChI is InChI=1S/C18H21FN6O2S/c1-12-16-17(23(3)22-12)18(21-13(2)20-16)24-8-10-25(11-9-24)28(26,27)15-6-4-14(19)5-7-15/h4-7H,8-11H2,1-3H3. The lowest BCUT2D eigenvalue weighted by molar-refractivity contribution is 0.384. The minimum atomic E-state index is -3.65. The number of anilines is 1. The molecule has 0 spiro atoms. The summed E-state index contributed by atoms with van der Waals surface area (Å²) >= 11 is 0. The first kappa shape index (κ1) is 18.8. The van der Waals surface area contributed by atoms with E-state index in [4.69, 9.17) is 0 Å². The Balaban J connectivity index is 1.60. The molecule has 1 fully saturated rings. The largest absolute Gasteiger partial charge is 0.352 e. The molecule has 1 aromatic carbocycles. The normalized spacial score (nSPS) is 16.1. The minimum absolute atomic E-state index is 0.102.